The molecule has 0 spiro atoms. The third-order valence-corrected chi connectivity index (χ3v) is 8.32. The highest BCUT2D eigenvalue weighted by atomic mass is 16.7. The summed E-state index contributed by atoms with van der Waals surface area (Å²) in [5.74, 6) is -0.701. The summed E-state index contributed by atoms with van der Waals surface area (Å²) in [5, 5.41) is 37.9. The maximum atomic E-state index is 12.9. The Morgan fingerprint density at radius 2 is 2.08 bits per heavy atom. The summed E-state index contributed by atoms with van der Waals surface area (Å²) in [4.78, 5) is 17.3. The van der Waals surface area contributed by atoms with Crippen molar-refractivity contribution in [1.82, 2.24) is 10.6 Å². The fourth-order valence-electron chi connectivity index (χ4n) is 6.34. The van der Waals surface area contributed by atoms with Gasteiger partial charge in [0.25, 0.3) is 0 Å². The van der Waals surface area contributed by atoms with Crippen molar-refractivity contribution in [3.63, 3.8) is 0 Å². The van der Waals surface area contributed by atoms with E-state index in [4.69, 9.17) is 37.1 Å². The van der Waals surface area contributed by atoms with Gasteiger partial charge in [-0.1, -0.05) is 20.3 Å². The number of nitrogens with two attached hydrogens (primary N) is 4. The topological polar surface area (TPSA) is 246 Å². The van der Waals surface area contributed by atoms with Crippen molar-refractivity contribution in [3.05, 3.63) is 11.8 Å². The largest absolute Gasteiger partial charge is 0.491 e. The first-order chi connectivity index (χ1) is 18.8. The van der Waals surface area contributed by atoms with Crippen LogP contribution >= 0.6 is 0 Å². The number of nitrogens with one attached hydrogen (secondary N) is 2. The molecular formula is C26H49N7O7. The van der Waals surface area contributed by atoms with Gasteiger partial charge >= 0.3 is 0 Å². The van der Waals surface area contributed by atoms with Gasteiger partial charge in [0.15, 0.2) is 12.2 Å². The van der Waals surface area contributed by atoms with Gasteiger partial charge in [0.1, 0.15) is 29.7 Å². The monoisotopic (exact) mass is 571 g/mol. The minimum Gasteiger partial charge on any atom is -0.491 e. The van der Waals surface area contributed by atoms with E-state index in [0.29, 0.717) is 25.0 Å². The van der Waals surface area contributed by atoms with Crippen LogP contribution in [0.1, 0.15) is 46.5 Å². The maximum Gasteiger partial charge on any atom is 0.249 e. The van der Waals surface area contributed by atoms with E-state index in [2.05, 4.69) is 15.6 Å². The van der Waals surface area contributed by atoms with Crippen LogP contribution in [0.4, 0.5) is 0 Å². The van der Waals surface area contributed by atoms with Gasteiger partial charge in [0.2, 0.25) is 5.91 Å². The van der Waals surface area contributed by atoms with Crippen LogP contribution < -0.4 is 33.6 Å². The molecule has 2 fully saturated rings. The van der Waals surface area contributed by atoms with E-state index < -0.39 is 66.4 Å². The number of aliphatic hydroxyl groups excluding tert-OH is 2. The van der Waals surface area contributed by atoms with Gasteiger partial charge in [-0.3, -0.25) is 4.79 Å². The molecule has 0 bridgehead atoms. The van der Waals surface area contributed by atoms with Crippen molar-refractivity contribution in [2.24, 2.45) is 39.8 Å². The SMILES string of the molecule is CCCC(O)C(=O)NC1CC(N)C(C2OC(CN)=CCC2N=C(N)N)C(C)C1OC1OCC(C)(O)C(NC)C1O. The van der Waals surface area contributed by atoms with Crippen molar-refractivity contribution >= 4 is 11.9 Å². The predicted molar refractivity (Wildman–Crippen MR) is 148 cm³/mol. The summed E-state index contributed by atoms with van der Waals surface area (Å²) >= 11 is 0. The molecule has 14 heteroatoms. The number of likely N-dealkylation sites (N-methyl/N-ethyl adjacent to an activating group) is 1. The standard InChI is InChI=1S/C26H49N7O7/c1-5-6-17(34)23(36)32-16-9-14(28)18(21-15(33-25(29)30)8-7-13(10-27)39-21)12(2)20(16)40-24-19(35)22(31-4)26(3,37)11-38-24/h7,12,14-22,24,31,34-35,37H,5-6,8-11,27-28H2,1-4H3,(H,32,36)(H4,29,30,33). The number of guanidine groups is 1. The number of rotatable bonds is 10. The molecule has 230 valence electrons. The predicted octanol–water partition coefficient (Wildman–Crippen LogP) is -2.67. The van der Waals surface area contributed by atoms with E-state index in [9.17, 15) is 20.1 Å². The molecule has 1 aliphatic carbocycles. The number of carbonyl (C=O) groups is 1. The van der Waals surface area contributed by atoms with Crippen LogP contribution in [0, 0.1) is 11.8 Å². The molecule has 3 rings (SSSR count). The Kier molecular flexibility index (Phi) is 11.2. The van der Waals surface area contributed by atoms with Gasteiger partial charge in [-0.15, -0.1) is 0 Å². The summed E-state index contributed by atoms with van der Waals surface area (Å²) < 4.78 is 18.5. The summed E-state index contributed by atoms with van der Waals surface area (Å²) in [6.07, 6.45) is -1.17. The van der Waals surface area contributed by atoms with Crippen molar-refractivity contribution in [3.8, 4) is 0 Å². The summed E-state index contributed by atoms with van der Waals surface area (Å²) in [6, 6.07) is -2.23. The average molecular weight is 572 g/mol. The van der Waals surface area contributed by atoms with E-state index in [1.165, 1.54) is 0 Å². The second-order valence-electron chi connectivity index (χ2n) is 11.5. The molecular weight excluding hydrogens is 522 g/mol. The lowest BCUT2D eigenvalue weighted by Gasteiger charge is -2.51. The zero-order chi connectivity index (χ0) is 29.8. The minimum absolute atomic E-state index is 0.0769. The van der Waals surface area contributed by atoms with Crippen molar-refractivity contribution < 1.29 is 34.3 Å². The third-order valence-electron chi connectivity index (χ3n) is 8.32. The normalized spacial score (nSPS) is 40.9. The Morgan fingerprint density at radius 1 is 1.38 bits per heavy atom. The van der Waals surface area contributed by atoms with Crippen molar-refractivity contribution in [2.75, 3.05) is 20.2 Å². The van der Waals surface area contributed by atoms with Crippen LogP contribution in [0.3, 0.4) is 0 Å². The first-order valence-corrected chi connectivity index (χ1v) is 14.1. The smallest absolute Gasteiger partial charge is 0.249 e. The fraction of sp³-hybridized carbons (Fsp3) is 0.846. The molecule has 1 saturated carbocycles. The molecule has 3 aliphatic rings. The van der Waals surface area contributed by atoms with E-state index in [1.807, 2.05) is 19.9 Å². The van der Waals surface area contributed by atoms with Crippen molar-refractivity contribution in [2.45, 2.75) is 107 Å². The zero-order valence-electron chi connectivity index (χ0n) is 23.9. The lowest BCUT2D eigenvalue weighted by atomic mass is 9.68. The molecule has 13 N–H and O–H groups in total. The van der Waals surface area contributed by atoms with Gasteiger partial charge in [-0.05, 0) is 45.2 Å². The number of aliphatic hydroxyl groups is 3. The quantitative estimate of drug-likeness (QED) is 0.0962. The number of hydrogen-bond acceptors (Lipinski definition) is 11. The number of aliphatic imine (C=N–C) groups is 1. The Bertz CT molecular complexity index is 916. The molecule has 2 aliphatic heterocycles. The minimum atomic E-state index is -1.33. The lowest BCUT2D eigenvalue weighted by Crippen LogP contribution is -2.68. The van der Waals surface area contributed by atoms with Gasteiger partial charge in [0.05, 0.1) is 37.4 Å². The van der Waals surface area contributed by atoms with E-state index in [0.717, 1.165) is 0 Å². The average Bonchev–Trinajstić information content (AvgIpc) is 2.88. The van der Waals surface area contributed by atoms with Crippen LogP contribution in [-0.2, 0) is 19.0 Å². The zero-order valence-corrected chi connectivity index (χ0v) is 23.9. The highest BCUT2D eigenvalue weighted by Crippen LogP contribution is 2.40. The highest BCUT2D eigenvalue weighted by molar-refractivity contribution is 5.80. The highest BCUT2D eigenvalue weighted by Gasteiger charge is 2.52. The number of carbonyl (C=O) groups excluding carboxylic acids is 1. The maximum absolute atomic E-state index is 12.9. The molecule has 14 nitrogen and oxygen atoms in total. The number of amides is 1. The number of hydrogen-bond donors (Lipinski definition) is 9. The fourth-order valence-corrected chi connectivity index (χ4v) is 6.34. The molecule has 1 amide bonds. The number of ether oxygens (including phenoxy) is 3. The molecule has 0 aromatic rings. The molecule has 0 aromatic carbocycles. The molecule has 0 aromatic heterocycles. The van der Waals surface area contributed by atoms with E-state index >= 15 is 0 Å². The number of nitrogens with zero attached hydrogens (tertiary/aromatic N) is 1. The molecule has 40 heavy (non-hydrogen) atoms. The summed E-state index contributed by atoms with van der Waals surface area (Å²) in [6.45, 7) is 5.48. The van der Waals surface area contributed by atoms with E-state index in [1.54, 1.807) is 14.0 Å². The first kappa shape index (κ1) is 32.5. The summed E-state index contributed by atoms with van der Waals surface area (Å²) in [7, 11) is 1.63. The Morgan fingerprint density at radius 3 is 2.67 bits per heavy atom. The second-order valence-corrected chi connectivity index (χ2v) is 11.5. The van der Waals surface area contributed by atoms with Crippen LogP contribution in [0.5, 0.6) is 0 Å². The van der Waals surface area contributed by atoms with Gasteiger partial charge in [-0.25, -0.2) is 4.99 Å². The van der Waals surface area contributed by atoms with Crippen LogP contribution in [0.15, 0.2) is 16.8 Å². The Balaban J connectivity index is 1.94. The van der Waals surface area contributed by atoms with Crippen LogP contribution in [0.2, 0.25) is 0 Å². The molecule has 2 heterocycles. The van der Waals surface area contributed by atoms with Crippen LogP contribution in [0.25, 0.3) is 0 Å². The summed E-state index contributed by atoms with van der Waals surface area (Å²) in [5.41, 5.74) is 22.7. The Labute approximate surface area is 235 Å². The first-order valence-electron chi connectivity index (χ1n) is 14.1. The molecule has 12 unspecified atom stereocenters. The van der Waals surface area contributed by atoms with Crippen LogP contribution in [-0.4, -0.2) is 108 Å². The third kappa shape index (κ3) is 7.23. The van der Waals surface area contributed by atoms with E-state index in [-0.39, 0.29) is 37.4 Å². The molecule has 12 atom stereocenters. The Hall–Kier alpha value is -2.04. The molecule has 1 saturated heterocycles. The van der Waals surface area contributed by atoms with Gasteiger partial charge in [0, 0.05) is 12.0 Å². The van der Waals surface area contributed by atoms with Gasteiger partial charge in [-0.2, -0.15) is 0 Å². The van der Waals surface area contributed by atoms with Gasteiger partial charge < -0.3 is 63.1 Å². The second kappa shape index (κ2) is 13.7. The lowest BCUT2D eigenvalue weighted by molar-refractivity contribution is -0.292. The molecule has 0 radical (unpaired) electrons. The van der Waals surface area contributed by atoms with Crippen molar-refractivity contribution in [1.29, 1.82) is 0 Å².